The molecule has 2 aromatic rings. The second-order valence-corrected chi connectivity index (χ2v) is 8.79. The van der Waals surface area contributed by atoms with Crippen LogP contribution in [-0.2, 0) is 27.3 Å². The molecule has 0 aliphatic carbocycles. The summed E-state index contributed by atoms with van der Waals surface area (Å²) in [7, 11) is 0. The summed E-state index contributed by atoms with van der Waals surface area (Å²) in [6.07, 6.45) is 1.16. The Hall–Kier alpha value is -3.10. The molecule has 182 valence electrons. The fourth-order valence-corrected chi connectivity index (χ4v) is 4.20. The fraction of sp³-hybridized carbons (Fsp3) is 0.400. The normalized spacial score (nSPS) is 17.7. The van der Waals surface area contributed by atoms with Gasteiger partial charge in [-0.3, -0.25) is 14.9 Å². The largest absolute Gasteiger partial charge is 0.448 e. The molecule has 3 N–H and O–H groups in total. The van der Waals surface area contributed by atoms with Crippen molar-refractivity contribution in [1.82, 2.24) is 10.2 Å². The van der Waals surface area contributed by atoms with E-state index in [9.17, 15) is 19.5 Å². The van der Waals surface area contributed by atoms with E-state index in [-0.39, 0.29) is 25.6 Å². The van der Waals surface area contributed by atoms with E-state index in [4.69, 9.17) is 16.3 Å². The standard InChI is InChI=1S/C25H30ClN3O5/c1-2-18-8-10-20(11-9-18)28-24(33)34-17-25(12-5-13-29(16-25)22(31)15-30)23(32)27-14-19-6-3-4-7-21(19)26/h3-4,6-11,30H,2,5,12-17H2,1H3,(H,27,32)(H,28,33). The van der Waals surface area contributed by atoms with Crippen LogP contribution in [0.25, 0.3) is 0 Å². The third-order valence-corrected chi connectivity index (χ3v) is 6.40. The maximum Gasteiger partial charge on any atom is 0.411 e. The Balaban J connectivity index is 1.70. The van der Waals surface area contributed by atoms with E-state index in [2.05, 4.69) is 10.6 Å². The van der Waals surface area contributed by atoms with E-state index in [1.54, 1.807) is 24.3 Å². The molecule has 0 aromatic heterocycles. The molecule has 0 spiro atoms. The number of hydrogen-bond donors (Lipinski definition) is 3. The number of anilines is 1. The zero-order valence-corrected chi connectivity index (χ0v) is 19.9. The van der Waals surface area contributed by atoms with Gasteiger partial charge in [0.2, 0.25) is 11.8 Å². The van der Waals surface area contributed by atoms with Gasteiger partial charge in [-0.25, -0.2) is 4.79 Å². The maximum atomic E-state index is 13.3. The highest BCUT2D eigenvalue weighted by Gasteiger charge is 2.44. The summed E-state index contributed by atoms with van der Waals surface area (Å²) in [4.78, 5) is 39.4. The summed E-state index contributed by atoms with van der Waals surface area (Å²) in [6, 6.07) is 14.6. The van der Waals surface area contributed by atoms with Crippen LogP contribution in [0, 0.1) is 5.41 Å². The first-order valence-corrected chi connectivity index (χ1v) is 11.7. The zero-order valence-electron chi connectivity index (χ0n) is 19.2. The smallest absolute Gasteiger partial charge is 0.411 e. The van der Waals surface area contributed by atoms with E-state index in [1.165, 1.54) is 4.90 Å². The third kappa shape index (κ3) is 6.48. The summed E-state index contributed by atoms with van der Waals surface area (Å²) in [5.74, 6) is -0.814. The van der Waals surface area contributed by atoms with Crippen LogP contribution in [0.2, 0.25) is 5.02 Å². The monoisotopic (exact) mass is 487 g/mol. The van der Waals surface area contributed by atoms with Gasteiger partial charge >= 0.3 is 6.09 Å². The van der Waals surface area contributed by atoms with Crippen molar-refractivity contribution in [3.05, 3.63) is 64.7 Å². The van der Waals surface area contributed by atoms with E-state index in [0.29, 0.717) is 30.1 Å². The van der Waals surface area contributed by atoms with Crippen LogP contribution in [0.15, 0.2) is 48.5 Å². The molecule has 0 saturated carbocycles. The van der Waals surface area contributed by atoms with Crippen molar-refractivity contribution in [3.63, 3.8) is 0 Å². The molecule has 9 heteroatoms. The summed E-state index contributed by atoms with van der Waals surface area (Å²) in [5, 5.41) is 15.4. The minimum atomic E-state index is -1.15. The van der Waals surface area contributed by atoms with Gasteiger partial charge in [-0.1, -0.05) is 48.9 Å². The molecule has 1 aliphatic heterocycles. The quantitative estimate of drug-likeness (QED) is 0.529. The SMILES string of the molecule is CCc1ccc(NC(=O)OCC2(C(=O)NCc3ccccc3Cl)CCCN(C(=O)CO)C2)cc1. The van der Waals surface area contributed by atoms with Crippen LogP contribution in [0.5, 0.6) is 0 Å². The second kappa shape index (κ2) is 11.9. The number of aliphatic hydroxyl groups excluding tert-OH is 1. The van der Waals surface area contributed by atoms with Crippen molar-refractivity contribution in [2.24, 2.45) is 5.41 Å². The molecule has 1 heterocycles. The number of nitrogens with zero attached hydrogens (tertiary/aromatic N) is 1. The van der Waals surface area contributed by atoms with E-state index in [1.807, 2.05) is 31.2 Å². The van der Waals surface area contributed by atoms with Crippen molar-refractivity contribution in [2.45, 2.75) is 32.7 Å². The third-order valence-electron chi connectivity index (χ3n) is 6.03. The number of halogens is 1. The molecule has 3 rings (SSSR count). The first kappa shape index (κ1) is 25.5. The van der Waals surface area contributed by atoms with Crippen molar-refractivity contribution < 1.29 is 24.2 Å². The van der Waals surface area contributed by atoms with Gasteiger partial charge < -0.3 is 20.1 Å². The number of rotatable bonds is 8. The van der Waals surface area contributed by atoms with E-state index < -0.39 is 24.0 Å². The molecule has 1 aliphatic rings. The fourth-order valence-electron chi connectivity index (χ4n) is 4.00. The van der Waals surface area contributed by atoms with Crippen LogP contribution in [0.1, 0.15) is 30.9 Å². The Kier molecular flexibility index (Phi) is 8.90. The summed E-state index contributed by atoms with van der Waals surface area (Å²) < 4.78 is 5.47. The highest BCUT2D eigenvalue weighted by Crippen LogP contribution is 2.32. The molecule has 34 heavy (non-hydrogen) atoms. The first-order valence-electron chi connectivity index (χ1n) is 11.3. The second-order valence-electron chi connectivity index (χ2n) is 8.38. The lowest BCUT2D eigenvalue weighted by atomic mass is 9.79. The number of nitrogens with one attached hydrogen (secondary N) is 2. The Morgan fingerprint density at radius 1 is 1.15 bits per heavy atom. The van der Waals surface area contributed by atoms with Crippen LogP contribution >= 0.6 is 11.6 Å². The lowest BCUT2D eigenvalue weighted by Gasteiger charge is -2.41. The number of aryl methyl sites for hydroxylation is 1. The molecular formula is C25H30ClN3O5. The van der Waals surface area contributed by atoms with Crippen LogP contribution in [0.4, 0.5) is 10.5 Å². The topological polar surface area (TPSA) is 108 Å². The van der Waals surface area contributed by atoms with Gasteiger partial charge in [-0.2, -0.15) is 0 Å². The molecule has 1 unspecified atom stereocenters. The van der Waals surface area contributed by atoms with Crippen molar-refractivity contribution in [2.75, 3.05) is 31.6 Å². The predicted molar refractivity (Wildman–Crippen MR) is 129 cm³/mol. The number of benzene rings is 2. The molecule has 2 aromatic carbocycles. The van der Waals surface area contributed by atoms with Gasteiger partial charge in [-0.05, 0) is 48.6 Å². The molecule has 8 nitrogen and oxygen atoms in total. The van der Waals surface area contributed by atoms with E-state index in [0.717, 1.165) is 17.5 Å². The Morgan fingerprint density at radius 3 is 2.56 bits per heavy atom. The first-order chi connectivity index (χ1) is 16.4. The zero-order chi connectivity index (χ0) is 24.6. The lowest BCUT2D eigenvalue weighted by molar-refractivity contribution is -0.145. The average molecular weight is 488 g/mol. The summed E-state index contributed by atoms with van der Waals surface area (Å²) in [5.41, 5.74) is 1.33. The van der Waals surface area contributed by atoms with Crippen molar-refractivity contribution in [3.8, 4) is 0 Å². The summed E-state index contributed by atoms with van der Waals surface area (Å²) >= 11 is 6.20. The number of carbonyl (C=O) groups excluding carboxylic acids is 3. The highest BCUT2D eigenvalue weighted by molar-refractivity contribution is 6.31. The van der Waals surface area contributed by atoms with Crippen LogP contribution in [-0.4, -0.2) is 54.2 Å². The number of piperidine rings is 1. The molecule has 1 atom stereocenters. The number of ether oxygens (including phenoxy) is 1. The van der Waals surface area contributed by atoms with Gasteiger partial charge in [0.15, 0.2) is 0 Å². The maximum absolute atomic E-state index is 13.3. The highest BCUT2D eigenvalue weighted by atomic mass is 35.5. The van der Waals surface area contributed by atoms with Gasteiger partial charge in [-0.15, -0.1) is 0 Å². The molecular weight excluding hydrogens is 458 g/mol. The van der Waals surface area contributed by atoms with Gasteiger partial charge in [0, 0.05) is 30.3 Å². The van der Waals surface area contributed by atoms with Crippen LogP contribution < -0.4 is 10.6 Å². The number of likely N-dealkylation sites (tertiary alicyclic amines) is 1. The minimum absolute atomic E-state index is 0.0409. The molecule has 0 bridgehead atoms. The Morgan fingerprint density at radius 2 is 1.88 bits per heavy atom. The van der Waals surface area contributed by atoms with Crippen molar-refractivity contribution >= 4 is 35.2 Å². The summed E-state index contributed by atoms with van der Waals surface area (Å²) in [6.45, 7) is 1.85. The van der Waals surface area contributed by atoms with Gasteiger partial charge in [0.1, 0.15) is 18.6 Å². The number of aliphatic hydroxyl groups is 1. The molecule has 1 fully saturated rings. The van der Waals surface area contributed by atoms with Gasteiger partial charge in [0.05, 0.1) is 0 Å². The molecule has 3 amide bonds. The van der Waals surface area contributed by atoms with Gasteiger partial charge in [0.25, 0.3) is 0 Å². The number of carbonyl (C=O) groups is 3. The Bertz CT molecular complexity index is 1010. The Labute approximate surface area is 204 Å². The molecule has 1 saturated heterocycles. The molecule has 0 radical (unpaired) electrons. The predicted octanol–water partition coefficient (Wildman–Crippen LogP) is 3.37. The van der Waals surface area contributed by atoms with Crippen molar-refractivity contribution in [1.29, 1.82) is 0 Å². The average Bonchev–Trinajstić information content (AvgIpc) is 2.87. The van der Waals surface area contributed by atoms with Crippen LogP contribution in [0.3, 0.4) is 0 Å². The number of hydrogen-bond acceptors (Lipinski definition) is 5. The lowest BCUT2D eigenvalue weighted by Crippen LogP contribution is -2.56. The van der Waals surface area contributed by atoms with E-state index >= 15 is 0 Å². The minimum Gasteiger partial charge on any atom is -0.448 e. The number of amides is 3.